The van der Waals surface area contributed by atoms with Crippen molar-refractivity contribution in [1.29, 1.82) is 0 Å². The first-order chi connectivity index (χ1) is 7.98. The molecule has 7 heteroatoms. The summed E-state index contributed by atoms with van der Waals surface area (Å²) in [4.78, 5) is 15.8. The van der Waals surface area contributed by atoms with E-state index in [1.807, 2.05) is 0 Å². The summed E-state index contributed by atoms with van der Waals surface area (Å²) >= 11 is 0. The van der Waals surface area contributed by atoms with Crippen molar-refractivity contribution < 1.29 is 13.2 Å². The highest BCUT2D eigenvalue weighted by Crippen LogP contribution is 2.30. The lowest BCUT2D eigenvalue weighted by atomic mass is 9.85. The minimum Gasteiger partial charge on any atom is -0.290 e. The van der Waals surface area contributed by atoms with Gasteiger partial charge in [0.25, 0.3) is 0 Å². The van der Waals surface area contributed by atoms with E-state index in [1.54, 1.807) is 0 Å². The zero-order chi connectivity index (χ0) is 12.5. The van der Waals surface area contributed by atoms with E-state index in [1.165, 1.54) is 12.6 Å². The number of aromatic amines is 1. The molecule has 2 unspecified atom stereocenters. The Balaban J connectivity index is 2.10. The molecule has 0 aliphatic heterocycles. The van der Waals surface area contributed by atoms with E-state index in [-0.39, 0.29) is 17.5 Å². The maximum atomic E-state index is 12.0. The van der Waals surface area contributed by atoms with E-state index in [2.05, 4.69) is 15.2 Å². The number of ketones is 1. The highest BCUT2D eigenvalue weighted by Gasteiger charge is 2.33. The first kappa shape index (κ1) is 12.2. The van der Waals surface area contributed by atoms with E-state index >= 15 is 0 Å². The van der Waals surface area contributed by atoms with Crippen molar-refractivity contribution >= 4 is 15.6 Å². The molecule has 17 heavy (non-hydrogen) atoms. The molecule has 0 spiro atoms. The van der Waals surface area contributed by atoms with Crippen LogP contribution in [0.25, 0.3) is 0 Å². The van der Waals surface area contributed by atoms with E-state index in [0.29, 0.717) is 12.8 Å². The van der Waals surface area contributed by atoms with Gasteiger partial charge in [-0.05, 0) is 19.3 Å². The summed E-state index contributed by atoms with van der Waals surface area (Å²) in [6.07, 6.45) is 5.06. The Bertz CT molecular complexity index is 495. The van der Waals surface area contributed by atoms with Crippen molar-refractivity contribution in [2.45, 2.75) is 30.9 Å². The van der Waals surface area contributed by atoms with Gasteiger partial charge in [-0.3, -0.25) is 9.89 Å². The minimum absolute atomic E-state index is 0.129. The lowest BCUT2D eigenvalue weighted by Crippen LogP contribution is -2.31. The molecular formula is C10H15N3O3S. The zero-order valence-corrected chi connectivity index (χ0v) is 10.4. The quantitative estimate of drug-likeness (QED) is 0.800. The van der Waals surface area contributed by atoms with Gasteiger partial charge in [-0.2, -0.15) is 5.10 Å². The molecule has 1 fully saturated rings. The van der Waals surface area contributed by atoms with Crippen molar-refractivity contribution in [3.63, 3.8) is 0 Å². The molecule has 1 aliphatic carbocycles. The van der Waals surface area contributed by atoms with Crippen LogP contribution in [0.4, 0.5) is 0 Å². The number of sulfone groups is 1. The van der Waals surface area contributed by atoms with Crippen LogP contribution in [0.5, 0.6) is 0 Å². The normalized spacial score (nSPS) is 25.7. The lowest BCUT2D eigenvalue weighted by molar-refractivity contribution is 0.0880. The number of hydrogen-bond donors (Lipinski definition) is 1. The SMILES string of the molecule is CS(=O)(=O)C1CCCC(C(=O)c2ncn[nH]2)C1. The van der Waals surface area contributed by atoms with Gasteiger partial charge in [0.15, 0.2) is 5.82 Å². The number of nitrogens with zero attached hydrogens (tertiary/aromatic N) is 2. The number of aromatic nitrogens is 3. The molecule has 0 amide bonds. The Morgan fingerprint density at radius 3 is 2.82 bits per heavy atom. The van der Waals surface area contributed by atoms with Crippen LogP contribution in [0.15, 0.2) is 6.33 Å². The monoisotopic (exact) mass is 257 g/mol. The van der Waals surface area contributed by atoms with Gasteiger partial charge in [-0.1, -0.05) is 6.42 Å². The van der Waals surface area contributed by atoms with Crippen LogP contribution in [0.1, 0.15) is 36.3 Å². The summed E-state index contributed by atoms with van der Waals surface area (Å²) in [5, 5.41) is 5.76. The fourth-order valence-corrected chi connectivity index (χ4v) is 3.47. The van der Waals surface area contributed by atoms with Gasteiger partial charge < -0.3 is 0 Å². The molecule has 0 radical (unpaired) electrons. The average molecular weight is 257 g/mol. The second-order valence-electron chi connectivity index (χ2n) is 4.51. The Hall–Kier alpha value is -1.24. The molecule has 6 nitrogen and oxygen atoms in total. The van der Waals surface area contributed by atoms with Crippen molar-refractivity contribution in [3.8, 4) is 0 Å². The third-order valence-corrected chi connectivity index (χ3v) is 4.89. The molecule has 1 aliphatic rings. The molecule has 1 saturated carbocycles. The van der Waals surface area contributed by atoms with Gasteiger partial charge in [0.05, 0.1) is 5.25 Å². The predicted octanol–water partition coefficient (Wildman–Crippen LogP) is 0.591. The van der Waals surface area contributed by atoms with E-state index < -0.39 is 15.1 Å². The first-order valence-corrected chi connectivity index (χ1v) is 7.52. The van der Waals surface area contributed by atoms with Crippen LogP contribution in [0, 0.1) is 5.92 Å². The number of Topliss-reactive ketones (excluding diaryl/α,β-unsaturated/α-hetero) is 1. The van der Waals surface area contributed by atoms with E-state index in [9.17, 15) is 13.2 Å². The van der Waals surface area contributed by atoms with Gasteiger partial charge in [-0.25, -0.2) is 13.4 Å². The first-order valence-electron chi connectivity index (χ1n) is 5.57. The van der Waals surface area contributed by atoms with Crippen LogP contribution in [-0.4, -0.2) is 40.9 Å². The maximum Gasteiger partial charge on any atom is 0.202 e. The summed E-state index contributed by atoms with van der Waals surface area (Å²) in [6, 6.07) is 0. The molecule has 1 aromatic rings. The van der Waals surface area contributed by atoms with Crippen LogP contribution in [0.2, 0.25) is 0 Å². The number of rotatable bonds is 3. The molecule has 2 atom stereocenters. The molecule has 1 N–H and O–H groups in total. The average Bonchev–Trinajstić information content (AvgIpc) is 2.80. The van der Waals surface area contributed by atoms with Gasteiger partial charge in [0, 0.05) is 12.2 Å². The molecular weight excluding hydrogens is 242 g/mol. The second-order valence-corrected chi connectivity index (χ2v) is 6.84. The summed E-state index contributed by atoms with van der Waals surface area (Å²) in [5.41, 5.74) is 0. The van der Waals surface area contributed by atoms with Crippen molar-refractivity contribution in [2.24, 2.45) is 5.92 Å². The van der Waals surface area contributed by atoms with Crippen molar-refractivity contribution in [3.05, 3.63) is 12.2 Å². The van der Waals surface area contributed by atoms with Crippen molar-refractivity contribution in [2.75, 3.05) is 6.26 Å². The molecule has 1 aromatic heterocycles. The number of nitrogens with one attached hydrogen (secondary N) is 1. The fraction of sp³-hybridized carbons (Fsp3) is 0.700. The van der Waals surface area contributed by atoms with Crippen LogP contribution in [0.3, 0.4) is 0 Å². The summed E-state index contributed by atoms with van der Waals surface area (Å²) < 4.78 is 23.0. The standard InChI is InChI=1S/C10H15N3O3S/c1-17(15,16)8-4-2-3-7(5-8)9(14)10-11-6-12-13-10/h6-8H,2-5H2,1H3,(H,11,12,13). The number of H-pyrrole nitrogens is 1. The third kappa shape index (κ3) is 2.71. The Kier molecular flexibility index (Phi) is 3.28. The molecule has 0 aromatic carbocycles. The maximum absolute atomic E-state index is 12.0. The minimum atomic E-state index is -3.06. The molecule has 1 heterocycles. The Morgan fingerprint density at radius 1 is 1.47 bits per heavy atom. The number of carbonyl (C=O) groups is 1. The molecule has 0 bridgehead atoms. The highest BCUT2D eigenvalue weighted by atomic mass is 32.2. The number of hydrogen-bond acceptors (Lipinski definition) is 5. The zero-order valence-electron chi connectivity index (χ0n) is 9.59. The third-order valence-electron chi connectivity index (χ3n) is 3.25. The Labute approximate surface area is 99.7 Å². The summed E-state index contributed by atoms with van der Waals surface area (Å²) in [7, 11) is -3.06. The van der Waals surface area contributed by atoms with Crippen LogP contribution in [-0.2, 0) is 9.84 Å². The Morgan fingerprint density at radius 2 is 2.24 bits per heavy atom. The van der Waals surface area contributed by atoms with Gasteiger partial charge in [0.2, 0.25) is 5.78 Å². The topological polar surface area (TPSA) is 92.8 Å². The number of carbonyl (C=O) groups excluding carboxylic acids is 1. The molecule has 94 valence electrons. The van der Waals surface area contributed by atoms with Crippen molar-refractivity contribution in [1.82, 2.24) is 15.2 Å². The molecule has 0 saturated heterocycles. The van der Waals surface area contributed by atoms with Gasteiger partial charge in [-0.15, -0.1) is 0 Å². The summed E-state index contributed by atoms with van der Waals surface area (Å²) in [5.74, 6) is -0.156. The molecule has 2 rings (SSSR count). The lowest BCUT2D eigenvalue weighted by Gasteiger charge is -2.26. The fourth-order valence-electron chi connectivity index (χ4n) is 2.29. The predicted molar refractivity (Wildman–Crippen MR) is 61.3 cm³/mol. The van der Waals surface area contributed by atoms with Gasteiger partial charge >= 0.3 is 0 Å². The summed E-state index contributed by atoms with van der Waals surface area (Å²) in [6.45, 7) is 0. The van der Waals surface area contributed by atoms with Crippen LogP contribution < -0.4 is 0 Å². The van der Waals surface area contributed by atoms with E-state index in [0.717, 1.165) is 12.8 Å². The van der Waals surface area contributed by atoms with Crippen LogP contribution >= 0.6 is 0 Å². The van der Waals surface area contributed by atoms with Gasteiger partial charge in [0.1, 0.15) is 16.2 Å². The second kappa shape index (κ2) is 4.56. The smallest absolute Gasteiger partial charge is 0.202 e. The van der Waals surface area contributed by atoms with E-state index in [4.69, 9.17) is 0 Å². The highest BCUT2D eigenvalue weighted by molar-refractivity contribution is 7.91. The largest absolute Gasteiger partial charge is 0.290 e.